The molecule has 1 aliphatic rings. The minimum Gasteiger partial charge on any atom is -0.494 e. The summed E-state index contributed by atoms with van der Waals surface area (Å²) < 4.78 is 5.75. The summed E-state index contributed by atoms with van der Waals surface area (Å²) >= 11 is 6.21. The molecule has 1 saturated carbocycles. The number of hydrogen-bond donors (Lipinski definition) is 6. The molecule has 0 spiro atoms. The van der Waals surface area contributed by atoms with Crippen molar-refractivity contribution in [2.24, 2.45) is 28.1 Å². The zero-order valence-electron chi connectivity index (χ0n) is 25.8. The predicted octanol–water partition coefficient (Wildman–Crippen LogP) is 2.02. The molecule has 1 aromatic carbocycles. The van der Waals surface area contributed by atoms with Gasteiger partial charge >= 0.3 is 0 Å². The Morgan fingerprint density at radius 1 is 1.22 bits per heavy atom. The smallest absolute Gasteiger partial charge is 0.269 e. The fraction of sp³-hybridized carbons (Fsp3) is 0.290. The van der Waals surface area contributed by atoms with Gasteiger partial charge < -0.3 is 42.8 Å². The van der Waals surface area contributed by atoms with E-state index >= 15 is 0 Å². The number of aliphatic imine (C=N–C) groups is 1. The second-order valence-electron chi connectivity index (χ2n) is 10.2. The maximum absolute atomic E-state index is 12.4. The summed E-state index contributed by atoms with van der Waals surface area (Å²) in [7, 11) is 6.19. The van der Waals surface area contributed by atoms with Crippen molar-refractivity contribution in [2.45, 2.75) is 19.8 Å². The first kappa shape index (κ1) is 34.2. The van der Waals surface area contributed by atoms with Crippen LogP contribution in [0.1, 0.15) is 25.5 Å². The number of ether oxygens (including phenoxy) is 1. The molecule has 3 rings (SSSR count). The number of amides is 2. The van der Waals surface area contributed by atoms with Crippen LogP contribution in [0.4, 0.5) is 5.69 Å². The van der Waals surface area contributed by atoms with Crippen LogP contribution in [-0.2, 0) is 14.4 Å². The summed E-state index contributed by atoms with van der Waals surface area (Å²) in [6, 6.07) is 8.78. The molecule has 2 amide bonds. The van der Waals surface area contributed by atoms with Crippen LogP contribution in [0.3, 0.4) is 0 Å². The van der Waals surface area contributed by atoms with Crippen LogP contribution >= 0.6 is 11.6 Å². The summed E-state index contributed by atoms with van der Waals surface area (Å²) in [6.45, 7) is 1.92. The number of nitrogens with two attached hydrogens (primary N) is 3. The second kappa shape index (κ2) is 15.5. The number of allylic oxidation sites excluding steroid dienone is 2. The van der Waals surface area contributed by atoms with Gasteiger partial charge in [0, 0.05) is 68.3 Å². The highest BCUT2D eigenvalue weighted by atomic mass is 35.5. The molecule has 2 aromatic rings. The molecule has 0 unspecified atom stereocenters. The van der Waals surface area contributed by atoms with E-state index in [-0.39, 0.29) is 46.5 Å². The van der Waals surface area contributed by atoms with E-state index in [2.05, 4.69) is 25.9 Å². The van der Waals surface area contributed by atoms with E-state index in [1.807, 2.05) is 12.0 Å². The summed E-state index contributed by atoms with van der Waals surface area (Å²) in [5.74, 6) is 1.57. The number of benzene rings is 1. The predicted molar refractivity (Wildman–Crippen MR) is 176 cm³/mol. The van der Waals surface area contributed by atoms with E-state index in [0.29, 0.717) is 39.5 Å². The van der Waals surface area contributed by atoms with Crippen LogP contribution in [0.15, 0.2) is 76.1 Å². The second-order valence-corrected chi connectivity index (χ2v) is 10.6. The molecule has 45 heavy (non-hydrogen) atoms. The number of rotatable bonds is 13. The first-order chi connectivity index (χ1) is 21.4. The van der Waals surface area contributed by atoms with Gasteiger partial charge in [-0.05, 0) is 31.9 Å². The van der Waals surface area contributed by atoms with Crippen molar-refractivity contribution in [1.82, 2.24) is 20.5 Å². The van der Waals surface area contributed by atoms with Crippen LogP contribution in [0.5, 0.6) is 5.75 Å². The van der Waals surface area contributed by atoms with E-state index in [4.69, 9.17) is 33.5 Å². The van der Waals surface area contributed by atoms with Gasteiger partial charge in [-0.25, -0.2) is 4.79 Å². The monoisotopic (exact) mass is 635 g/mol. The molecule has 0 atom stereocenters. The lowest BCUT2D eigenvalue weighted by molar-refractivity contribution is -0.121. The van der Waals surface area contributed by atoms with Crippen molar-refractivity contribution < 1.29 is 19.1 Å². The van der Waals surface area contributed by atoms with Crippen molar-refractivity contribution >= 4 is 45.9 Å². The number of carbonyl (C=O) groups excluding carboxylic acids is 3. The summed E-state index contributed by atoms with van der Waals surface area (Å²) in [5, 5.41) is 8.46. The third-order valence-electron chi connectivity index (χ3n) is 6.88. The highest BCUT2D eigenvalue weighted by Gasteiger charge is 2.29. The minimum absolute atomic E-state index is 0.0219. The van der Waals surface area contributed by atoms with E-state index in [1.54, 1.807) is 56.4 Å². The van der Waals surface area contributed by atoms with Crippen LogP contribution in [0, 0.1) is 5.92 Å². The van der Waals surface area contributed by atoms with Crippen molar-refractivity contribution in [3.63, 3.8) is 0 Å². The third-order valence-corrected chi connectivity index (χ3v) is 7.28. The van der Waals surface area contributed by atoms with Gasteiger partial charge in [0.1, 0.15) is 28.1 Å². The Morgan fingerprint density at radius 3 is 2.47 bits per heavy atom. The molecule has 0 radical (unpaired) electrons. The number of methoxy groups -OCH3 is 1. The molecule has 0 saturated heterocycles. The topological polar surface area (TPSA) is 203 Å². The van der Waals surface area contributed by atoms with Crippen molar-refractivity contribution in [1.29, 1.82) is 0 Å². The Hall–Kier alpha value is -5.26. The van der Waals surface area contributed by atoms with Crippen LogP contribution in [0.25, 0.3) is 16.8 Å². The average molecular weight is 636 g/mol. The molecular weight excluding hydrogens is 598 g/mol. The molecule has 13 nitrogen and oxygen atoms in total. The van der Waals surface area contributed by atoms with Crippen LogP contribution in [0.2, 0.25) is 0 Å². The molecule has 14 heteroatoms. The first-order valence-corrected chi connectivity index (χ1v) is 14.3. The Labute approximate surface area is 266 Å². The molecule has 0 aliphatic heterocycles. The quantitative estimate of drug-likeness (QED) is 0.0818. The Kier molecular flexibility index (Phi) is 11.8. The number of halogens is 1. The van der Waals surface area contributed by atoms with Gasteiger partial charge in [0.25, 0.3) is 5.91 Å². The third kappa shape index (κ3) is 8.65. The number of carbonyl (C=O) groups is 2. The number of para-hydroxylation sites is 1. The Bertz CT molecular complexity index is 1620. The highest BCUT2D eigenvalue weighted by molar-refractivity contribution is 6.69. The number of likely N-dealkylation sites (N-methyl/N-ethyl adjacent to an activating group) is 2. The SMILES string of the molecule is CN=C(Cl)/C(CN(C)C(=C=O)c1ccc(-c2cccc(NC(/C=C(\N)NC(=O)C3CC3)=C(/N)C(=O)NC)c2OC)cn1)=C(/C)N. The van der Waals surface area contributed by atoms with Crippen molar-refractivity contribution in [3.05, 3.63) is 76.8 Å². The average Bonchev–Trinajstić information content (AvgIpc) is 3.88. The van der Waals surface area contributed by atoms with Gasteiger partial charge in [0.05, 0.1) is 24.2 Å². The fourth-order valence-electron chi connectivity index (χ4n) is 4.27. The maximum atomic E-state index is 12.4. The zero-order valence-corrected chi connectivity index (χ0v) is 26.6. The molecule has 0 bridgehead atoms. The Balaban J connectivity index is 1.94. The minimum atomic E-state index is -0.553. The van der Waals surface area contributed by atoms with E-state index < -0.39 is 5.91 Å². The maximum Gasteiger partial charge on any atom is 0.269 e. The van der Waals surface area contributed by atoms with E-state index in [1.165, 1.54) is 20.2 Å². The van der Waals surface area contributed by atoms with Gasteiger partial charge in [-0.1, -0.05) is 29.8 Å². The van der Waals surface area contributed by atoms with Crippen molar-refractivity contribution in [3.8, 4) is 16.9 Å². The largest absolute Gasteiger partial charge is 0.494 e. The standard InChI is InChI=1S/C31H38ClN9O4/c1-17(33)21(29(32)36-2)15-41(4)25(16-42)22-12-11-19(14-38-22)20-7-6-8-23(28(20)45-5)39-24(27(35)31(44)37-3)13-26(34)40-30(43)18-9-10-18/h6-8,11-14,18,39H,9-10,15,33-35H2,1-5H3,(H,37,44)(H,40,43)/b21-17-,26-13+,27-24+,36-29?. The molecule has 1 fully saturated rings. The van der Waals surface area contributed by atoms with Crippen molar-refractivity contribution in [2.75, 3.05) is 40.1 Å². The van der Waals surface area contributed by atoms with Gasteiger partial charge in [0.15, 0.2) is 5.94 Å². The zero-order chi connectivity index (χ0) is 33.3. The van der Waals surface area contributed by atoms with Gasteiger partial charge in [-0.3, -0.25) is 19.6 Å². The summed E-state index contributed by atoms with van der Waals surface area (Å²) in [4.78, 5) is 46.7. The van der Waals surface area contributed by atoms with E-state index in [0.717, 1.165) is 12.8 Å². The van der Waals surface area contributed by atoms with Crippen LogP contribution < -0.4 is 37.9 Å². The van der Waals surface area contributed by atoms with E-state index in [9.17, 15) is 14.4 Å². The lowest BCUT2D eigenvalue weighted by Gasteiger charge is -2.21. The molecule has 1 aromatic heterocycles. The fourth-order valence-corrected chi connectivity index (χ4v) is 4.48. The van der Waals surface area contributed by atoms with Gasteiger partial charge in [0.2, 0.25) is 5.91 Å². The normalized spacial score (nSPS) is 14.4. The lowest BCUT2D eigenvalue weighted by atomic mass is 10.0. The number of pyridine rings is 1. The molecule has 238 valence electrons. The van der Waals surface area contributed by atoms with Gasteiger partial charge in [-0.2, -0.15) is 0 Å². The number of hydrogen-bond acceptors (Lipinski definition) is 11. The number of nitrogens with one attached hydrogen (secondary N) is 3. The number of aromatic nitrogens is 1. The highest BCUT2D eigenvalue weighted by Crippen LogP contribution is 2.37. The summed E-state index contributed by atoms with van der Waals surface area (Å²) in [5.41, 5.74) is 21.6. The number of nitrogens with zero attached hydrogens (tertiary/aromatic N) is 3. The molecular formula is C31H38ClN9O4. The molecule has 1 heterocycles. The van der Waals surface area contributed by atoms with Gasteiger partial charge in [-0.15, -0.1) is 0 Å². The Morgan fingerprint density at radius 2 is 1.93 bits per heavy atom. The molecule has 9 N–H and O–H groups in total. The first-order valence-electron chi connectivity index (χ1n) is 13.9. The lowest BCUT2D eigenvalue weighted by Crippen LogP contribution is -2.31. The van der Waals surface area contributed by atoms with Crippen LogP contribution in [-0.4, -0.2) is 67.6 Å². The number of anilines is 1. The summed E-state index contributed by atoms with van der Waals surface area (Å²) in [6.07, 6.45) is 4.58. The molecule has 1 aliphatic carbocycles.